The van der Waals surface area contributed by atoms with E-state index in [1.807, 2.05) is 19.0 Å². The van der Waals surface area contributed by atoms with E-state index in [0.29, 0.717) is 17.9 Å². The normalized spacial score (nSPS) is 20.2. The molecule has 3 rings (SSSR count). The van der Waals surface area contributed by atoms with Crippen molar-refractivity contribution in [3.05, 3.63) is 48.0 Å². The number of nitrogens with zero attached hydrogens (tertiary/aromatic N) is 3. The Labute approximate surface area is 232 Å². The molecule has 2 aromatic rings. The summed E-state index contributed by atoms with van der Waals surface area (Å²) in [5.41, 5.74) is 0.567. The highest BCUT2D eigenvalue weighted by molar-refractivity contribution is 7.89. The van der Waals surface area contributed by atoms with Crippen molar-refractivity contribution >= 4 is 20.0 Å². The highest BCUT2D eigenvalue weighted by Crippen LogP contribution is 2.34. The molecule has 0 amide bonds. The van der Waals surface area contributed by atoms with Crippen molar-refractivity contribution in [3.63, 3.8) is 0 Å². The molecule has 0 spiro atoms. The second-order valence-electron chi connectivity index (χ2n) is 9.91. The summed E-state index contributed by atoms with van der Waals surface area (Å²) >= 11 is 0. The van der Waals surface area contributed by atoms with Gasteiger partial charge in [0.15, 0.2) is 0 Å². The average molecular weight is 580 g/mol. The molecule has 0 aromatic heterocycles. The van der Waals surface area contributed by atoms with Gasteiger partial charge in [0.05, 0.1) is 31.7 Å². The molecule has 0 fully saturated rings. The Morgan fingerprint density at radius 2 is 1.92 bits per heavy atom. The molecule has 0 saturated heterocycles. The van der Waals surface area contributed by atoms with Gasteiger partial charge < -0.3 is 14.6 Å². The van der Waals surface area contributed by atoms with Crippen LogP contribution in [0.25, 0.3) is 0 Å². The summed E-state index contributed by atoms with van der Waals surface area (Å²) in [6.07, 6.45) is -0.706. The Bertz CT molecular complexity index is 1430. The number of fused-ring (bicyclic) bond motifs is 1. The molecule has 10 nitrogen and oxygen atoms in total. The van der Waals surface area contributed by atoms with E-state index in [2.05, 4.69) is 11.8 Å². The number of aliphatic hydroxyl groups is 1. The third kappa shape index (κ3) is 7.11. The molecule has 214 valence electrons. The number of benzene rings is 2. The molecule has 2 aromatic carbocycles. The van der Waals surface area contributed by atoms with Gasteiger partial charge in [0.25, 0.3) is 0 Å². The lowest BCUT2D eigenvalue weighted by atomic mass is 10.0. The molecule has 0 saturated carbocycles. The largest absolute Gasteiger partial charge is 0.497 e. The first-order valence-electron chi connectivity index (χ1n) is 12.5. The highest BCUT2D eigenvalue weighted by Gasteiger charge is 2.39. The van der Waals surface area contributed by atoms with Crippen LogP contribution in [-0.4, -0.2) is 102 Å². The van der Waals surface area contributed by atoms with Gasteiger partial charge in [0.1, 0.15) is 22.5 Å². The molecule has 0 radical (unpaired) electrons. The van der Waals surface area contributed by atoms with Crippen molar-refractivity contribution in [2.45, 2.75) is 35.8 Å². The molecular weight excluding hydrogens is 542 g/mol. The zero-order chi connectivity index (χ0) is 29.0. The predicted octanol–water partition coefficient (Wildman–Crippen LogP) is 1.70. The predicted molar refractivity (Wildman–Crippen MR) is 149 cm³/mol. The summed E-state index contributed by atoms with van der Waals surface area (Å²) in [5, 5.41) is 9.83. The van der Waals surface area contributed by atoms with Gasteiger partial charge in [0.2, 0.25) is 20.0 Å². The second kappa shape index (κ2) is 12.7. The summed E-state index contributed by atoms with van der Waals surface area (Å²) < 4.78 is 68.0. The fourth-order valence-corrected chi connectivity index (χ4v) is 7.16. The van der Waals surface area contributed by atoms with E-state index in [4.69, 9.17) is 9.47 Å². The second-order valence-corrected chi connectivity index (χ2v) is 13.8. The van der Waals surface area contributed by atoms with Crippen molar-refractivity contribution < 1.29 is 31.4 Å². The van der Waals surface area contributed by atoms with E-state index < -0.39 is 38.1 Å². The minimum Gasteiger partial charge on any atom is -0.497 e. The SMILES string of the molecule is COc1cccc(S(=O)(=O)N(C)C[C@@H]2Oc3cc(C#CCN(C)C)ccc3S(=O)(=O)N([C@@H](C)CO)C[C@@H]2C)c1. The van der Waals surface area contributed by atoms with E-state index in [9.17, 15) is 21.9 Å². The van der Waals surface area contributed by atoms with Crippen LogP contribution in [0.4, 0.5) is 0 Å². The molecule has 0 unspecified atom stereocenters. The molecule has 3 atom stereocenters. The van der Waals surface area contributed by atoms with Gasteiger partial charge >= 0.3 is 0 Å². The third-order valence-corrected chi connectivity index (χ3v) is 10.3. The highest BCUT2D eigenvalue weighted by atomic mass is 32.2. The number of hydrogen-bond acceptors (Lipinski definition) is 8. The van der Waals surface area contributed by atoms with E-state index in [-0.39, 0.29) is 35.2 Å². The first-order chi connectivity index (χ1) is 18.3. The number of ether oxygens (including phenoxy) is 2. The maximum atomic E-state index is 13.6. The van der Waals surface area contributed by atoms with Crippen LogP contribution >= 0.6 is 0 Å². The summed E-state index contributed by atoms with van der Waals surface area (Å²) in [4.78, 5) is 1.92. The maximum absolute atomic E-state index is 13.6. The number of aliphatic hydroxyl groups excluding tert-OH is 1. The number of sulfonamides is 2. The van der Waals surface area contributed by atoms with Gasteiger partial charge in [-0.05, 0) is 51.4 Å². The average Bonchev–Trinajstić information content (AvgIpc) is 2.89. The van der Waals surface area contributed by atoms with Crippen molar-refractivity contribution in [2.24, 2.45) is 5.92 Å². The maximum Gasteiger partial charge on any atom is 0.247 e. The monoisotopic (exact) mass is 579 g/mol. The Morgan fingerprint density at radius 1 is 1.21 bits per heavy atom. The lowest BCUT2D eigenvalue weighted by Gasteiger charge is -2.37. The molecule has 1 N–H and O–H groups in total. The standard InChI is InChI=1S/C27H37N3O7S2/c1-20-17-30(21(2)19-31)39(34,35)27-13-12-22(9-8-14-28(3)4)15-25(27)37-26(20)18-29(5)38(32,33)24-11-7-10-23(16-24)36-6/h7,10-13,15-16,20-21,26,31H,14,17-19H2,1-6H3/t20-,21-,26-/m0/s1. The van der Waals surface area contributed by atoms with Crippen LogP contribution in [0.15, 0.2) is 52.3 Å². The lowest BCUT2D eigenvalue weighted by molar-refractivity contribution is 0.0904. The van der Waals surface area contributed by atoms with Crippen LogP contribution in [0, 0.1) is 17.8 Å². The van der Waals surface area contributed by atoms with Crippen LogP contribution in [0.2, 0.25) is 0 Å². The molecule has 12 heteroatoms. The summed E-state index contributed by atoms with van der Waals surface area (Å²) in [6, 6.07) is 10.1. The zero-order valence-electron chi connectivity index (χ0n) is 23.2. The minimum atomic E-state index is -4.02. The fourth-order valence-electron chi connectivity index (χ4n) is 4.11. The number of rotatable bonds is 8. The van der Waals surface area contributed by atoms with Crippen LogP contribution in [0.3, 0.4) is 0 Å². The van der Waals surface area contributed by atoms with E-state index in [1.54, 1.807) is 38.1 Å². The van der Waals surface area contributed by atoms with Gasteiger partial charge in [-0.25, -0.2) is 16.8 Å². The third-order valence-electron chi connectivity index (χ3n) is 6.48. The van der Waals surface area contributed by atoms with Crippen LogP contribution in [0.1, 0.15) is 19.4 Å². The van der Waals surface area contributed by atoms with Gasteiger partial charge in [-0.15, -0.1) is 0 Å². The van der Waals surface area contributed by atoms with Gasteiger partial charge in [0, 0.05) is 37.2 Å². The molecule has 1 heterocycles. The van der Waals surface area contributed by atoms with Crippen molar-refractivity contribution in [2.75, 3.05) is 54.5 Å². The van der Waals surface area contributed by atoms with E-state index in [0.717, 1.165) is 0 Å². The molecule has 1 aliphatic rings. The molecule has 0 bridgehead atoms. The first-order valence-corrected chi connectivity index (χ1v) is 15.4. The van der Waals surface area contributed by atoms with Gasteiger partial charge in [-0.3, -0.25) is 4.90 Å². The smallest absolute Gasteiger partial charge is 0.247 e. The van der Waals surface area contributed by atoms with Crippen molar-refractivity contribution in [1.29, 1.82) is 0 Å². The van der Waals surface area contributed by atoms with Gasteiger partial charge in [-0.1, -0.05) is 24.8 Å². The van der Waals surface area contributed by atoms with Crippen LogP contribution in [-0.2, 0) is 20.0 Å². The molecule has 0 aliphatic carbocycles. The number of hydrogen-bond donors (Lipinski definition) is 1. The molecule has 39 heavy (non-hydrogen) atoms. The topological polar surface area (TPSA) is 117 Å². The molecular formula is C27H37N3O7S2. The lowest BCUT2D eigenvalue weighted by Crippen LogP contribution is -2.50. The Morgan fingerprint density at radius 3 is 2.56 bits per heavy atom. The van der Waals surface area contributed by atoms with E-state index in [1.165, 1.54) is 41.0 Å². The van der Waals surface area contributed by atoms with Crippen molar-refractivity contribution in [3.8, 4) is 23.3 Å². The minimum absolute atomic E-state index is 0.0333. The first kappa shape index (κ1) is 30.9. The number of likely N-dealkylation sites (N-methyl/N-ethyl adjacent to an activating group) is 1. The Hall–Kier alpha value is -2.66. The van der Waals surface area contributed by atoms with Gasteiger partial charge in [-0.2, -0.15) is 8.61 Å². The van der Waals surface area contributed by atoms with Crippen LogP contribution in [0.5, 0.6) is 11.5 Å². The molecule has 1 aliphatic heterocycles. The van der Waals surface area contributed by atoms with Crippen molar-refractivity contribution in [1.82, 2.24) is 13.5 Å². The Kier molecular flexibility index (Phi) is 10.0. The zero-order valence-corrected chi connectivity index (χ0v) is 24.8. The Balaban J connectivity index is 2.04. The fraction of sp³-hybridized carbons (Fsp3) is 0.481. The summed E-state index contributed by atoms with van der Waals surface area (Å²) in [6.45, 7) is 3.57. The summed E-state index contributed by atoms with van der Waals surface area (Å²) in [5.74, 6) is 6.12. The number of methoxy groups -OCH3 is 1. The quantitative estimate of drug-likeness (QED) is 0.470. The van der Waals surface area contributed by atoms with Crippen LogP contribution < -0.4 is 9.47 Å². The summed E-state index contributed by atoms with van der Waals surface area (Å²) in [7, 11) is -1.22. The van der Waals surface area contributed by atoms with E-state index >= 15 is 0 Å².